The Hall–Kier alpha value is -2.21. The third kappa shape index (κ3) is 4.30. The van der Waals surface area contributed by atoms with Gasteiger partial charge in [-0.3, -0.25) is 9.59 Å². The number of hydrogen-bond donors (Lipinski definition) is 1. The molecule has 5 nitrogen and oxygen atoms in total. The SMILES string of the molecule is CC(C)CC(=O)C1=C(O)C(=O)N(CCOC(C)C)C1c1ccccc1F. The van der Waals surface area contributed by atoms with Crippen molar-refractivity contribution in [2.24, 2.45) is 5.92 Å². The molecule has 6 heteroatoms. The first kappa shape index (κ1) is 20.1. The summed E-state index contributed by atoms with van der Waals surface area (Å²) in [4.78, 5) is 26.6. The summed E-state index contributed by atoms with van der Waals surface area (Å²) in [5.74, 6) is -2.07. The van der Waals surface area contributed by atoms with Crippen LogP contribution in [0.15, 0.2) is 35.6 Å². The number of carbonyl (C=O) groups excluding carboxylic acids is 2. The summed E-state index contributed by atoms with van der Waals surface area (Å²) in [5, 5.41) is 10.3. The predicted molar refractivity (Wildman–Crippen MR) is 96.1 cm³/mol. The van der Waals surface area contributed by atoms with E-state index in [2.05, 4.69) is 0 Å². The van der Waals surface area contributed by atoms with Crippen molar-refractivity contribution in [2.75, 3.05) is 13.2 Å². The van der Waals surface area contributed by atoms with E-state index in [4.69, 9.17) is 4.74 Å². The molecule has 1 atom stereocenters. The maximum atomic E-state index is 14.4. The van der Waals surface area contributed by atoms with Gasteiger partial charge in [0.1, 0.15) is 5.82 Å². The first-order chi connectivity index (χ1) is 12.2. The van der Waals surface area contributed by atoms with Gasteiger partial charge in [-0.25, -0.2) is 4.39 Å². The number of nitrogens with zero attached hydrogens (tertiary/aromatic N) is 1. The maximum absolute atomic E-state index is 14.4. The van der Waals surface area contributed by atoms with Crippen molar-refractivity contribution >= 4 is 11.7 Å². The van der Waals surface area contributed by atoms with Crippen LogP contribution in [0.25, 0.3) is 0 Å². The molecule has 0 aromatic heterocycles. The molecule has 1 aliphatic heterocycles. The van der Waals surface area contributed by atoms with Gasteiger partial charge in [0.05, 0.1) is 24.3 Å². The van der Waals surface area contributed by atoms with E-state index >= 15 is 0 Å². The molecule has 0 spiro atoms. The van der Waals surface area contributed by atoms with Crippen LogP contribution in [0.4, 0.5) is 4.39 Å². The number of aliphatic hydroxyl groups excluding tert-OH is 1. The fourth-order valence-corrected chi connectivity index (χ4v) is 3.06. The molecule has 0 radical (unpaired) electrons. The van der Waals surface area contributed by atoms with Crippen molar-refractivity contribution in [1.29, 1.82) is 0 Å². The van der Waals surface area contributed by atoms with E-state index < -0.39 is 23.5 Å². The van der Waals surface area contributed by atoms with Gasteiger partial charge in [0.2, 0.25) is 0 Å². The first-order valence-corrected chi connectivity index (χ1v) is 8.87. The molecule has 1 N–H and O–H groups in total. The van der Waals surface area contributed by atoms with Crippen molar-refractivity contribution in [2.45, 2.75) is 46.3 Å². The van der Waals surface area contributed by atoms with E-state index in [9.17, 15) is 19.1 Å². The smallest absolute Gasteiger partial charge is 0.290 e. The Morgan fingerprint density at radius 3 is 2.50 bits per heavy atom. The number of rotatable bonds is 8. The average Bonchev–Trinajstić information content (AvgIpc) is 2.79. The number of ketones is 1. The third-order valence-corrected chi connectivity index (χ3v) is 4.18. The lowest BCUT2D eigenvalue weighted by Crippen LogP contribution is -2.35. The number of aliphatic hydroxyl groups is 1. The first-order valence-electron chi connectivity index (χ1n) is 8.87. The van der Waals surface area contributed by atoms with Gasteiger partial charge in [-0.15, -0.1) is 0 Å². The Morgan fingerprint density at radius 2 is 1.92 bits per heavy atom. The average molecular weight is 363 g/mol. The van der Waals surface area contributed by atoms with Crippen molar-refractivity contribution in [3.63, 3.8) is 0 Å². The topological polar surface area (TPSA) is 66.8 Å². The molecule has 1 aromatic rings. The monoisotopic (exact) mass is 363 g/mol. The summed E-state index contributed by atoms with van der Waals surface area (Å²) in [6, 6.07) is 5.06. The Bertz CT molecular complexity index is 712. The second kappa shape index (κ2) is 8.45. The van der Waals surface area contributed by atoms with Gasteiger partial charge >= 0.3 is 0 Å². The molecule has 0 saturated carbocycles. The molecule has 0 saturated heterocycles. The number of benzene rings is 1. The maximum Gasteiger partial charge on any atom is 0.290 e. The van der Waals surface area contributed by atoms with E-state index in [-0.39, 0.29) is 48.5 Å². The highest BCUT2D eigenvalue weighted by atomic mass is 19.1. The van der Waals surface area contributed by atoms with Gasteiger partial charge in [0.15, 0.2) is 11.5 Å². The summed E-state index contributed by atoms with van der Waals surface area (Å²) in [5.41, 5.74) is 0.167. The summed E-state index contributed by atoms with van der Waals surface area (Å²) in [6.45, 7) is 7.87. The molecule has 0 fully saturated rings. The minimum atomic E-state index is -0.939. The van der Waals surface area contributed by atoms with Crippen LogP contribution in [0.1, 0.15) is 45.7 Å². The molecule has 26 heavy (non-hydrogen) atoms. The molecule has 1 aliphatic rings. The molecule has 1 aromatic carbocycles. The second-order valence-electron chi connectivity index (χ2n) is 7.13. The van der Waals surface area contributed by atoms with E-state index in [1.54, 1.807) is 12.1 Å². The Morgan fingerprint density at radius 1 is 1.27 bits per heavy atom. The van der Waals surface area contributed by atoms with E-state index in [0.717, 1.165) is 0 Å². The summed E-state index contributed by atoms with van der Waals surface area (Å²) in [6.07, 6.45) is 0.150. The summed E-state index contributed by atoms with van der Waals surface area (Å²) in [7, 11) is 0. The van der Waals surface area contributed by atoms with Crippen LogP contribution in [-0.2, 0) is 14.3 Å². The molecule has 0 bridgehead atoms. The van der Waals surface area contributed by atoms with Crippen molar-refractivity contribution in [3.8, 4) is 0 Å². The number of Topliss-reactive ketones (excluding diaryl/α,β-unsaturated/α-hetero) is 1. The van der Waals surface area contributed by atoms with E-state index in [0.29, 0.717) is 0 Å². The highest BCUT2D eigenvalue weighted by Crippen LogP contribution is 2.39. The second-order valence-corrected chi connectivity index (χ2v) is 7.13. The van der Waals surface area contributed by atoms with Crippen LogP contribution in [0.3, 0.4) is 0 Å². The molecular weight excluding hydrogens is 337 g/mol. The fraction of sp³-hybridized carbons (Fsp3) is 0.500. The lowest BCUT2D eigenvalue weighted by Gasteiger charge is -2.27. The molecule has 142 valence electrons. The van der Waals surface area contributed by atoms with Gasteiger partial charge in [0.25, 0.3) is 5.91 Å². The quantitative estimate of drug-likeness (QED) is 0.767. The van der Waals surface area contributed by atoms with Gasteiger partial charge < -0.3 is 14.7 Å². The fourth-order valence-electron chi connectivity index (χ4n) is 3.06. The highest BCUT2D eigenvalue weighted by Gasteiger charge is 2.44. The lowest BCUT2D eigenvalue weighted by atomic mass is 9.92. The van der Waals surface area contributed by atoms with Crippen molar-refractivity contribution in [1.82, 2.24) is 4.90 Å². The lowest BCUT2D eigenvalue weighted by molar-refractivity contribution is -0.130. The van der Waals surface area contributed by atoms with Gasteiger partial charge in [-0.1, -0.05) is 32.0 Å². The molecule has 1 amide bonds. The Labute approximate surface area is 153 Å². The summed E-state index contributed by atoms with van der Waals surface area (Å²) < 4.78 is 19.9. The standard InChI is InChI=1S/C20H26FNO4/c1-12(2)11-16(23)17-18(14-7-5-6-8-15(14)21)22(20(25)19(17)24)9-10-26-13(3)4/h5-8,12-13,18,24H,9-11H2,1-4H3. The zero-order valence-electron chi connectivity index (χ0n) is 15.7. The summed E-state index contributed by atoms with van der Waals surface area (Å²) >= 11 is 0. The van der Waals surface area contributed by atoms with Crippen LogP contribution in [0.5, 0.6) is 0 Å². The predicted octanol–water partition coefficient (Wildman–Crippen LogP) is 3.56. The largest absolute Gasteiger partial charge is 0.503 e. The molecule has 0 aliphatic carbocycles. The molecule has 2 rings (SSSR count). The molecule has 1 heterocycles. The number of ether oxygens (including phenoxy) is 1. The van der Waals surface area contributed by atoms with Crippen LogP contribution in [0.2, 0.25) is 0 Å². The number of carbonyl (C=O) groups is 2. The normalized spacial score (nSPS) is 17.7. The van der Waals surface area contributed by atoms with Crippen molar-refractivity contribution < 1.29 is 23.8 Å². The molecule has 1 unspecified atom stereocenters. The Kier molecular flexibility index (Phi) is 6.53. The number of hydrogen-bond acceptors (Lipinski definition) is 4. The van der Waals surface area contributed by atoms with E-state index in [1.165, 1.54) is 17.0 Å². The third-order valence-electron chi connectivity index (χ3n) is 4.18. The Balaban J connectivity index is 2.42. The van der Waals surface area contributed by atoms with Gasteiger partial charge in [-0.2, -0.15) is 0 Å². The van der Waals surface area contributed by atoms with Crippen LogP contribution >= 0.6 is 0 Å². The zero-order valence-corrected chi connectivity index (χ0v) is 15.7. The zero-order chi connectivity index (χ0) is 19.4. The minimum absolute atomic E-state index is 0.0248. The van der Waals surface area contributed by atoms with Crippen LogP contribution in [0, 0.1) is 11.7 Å². The van der Waals surface area contributed by atoms with E-state index in [1.807, 2.05) is 27.7 Å². The van der Waals surface area contributed by atoms with Crippen LogP contribution in [-0.4, -0.2) is 41.0 Å². The van der Waals surface area contributed by atoms with Crippen molar-refractivity contribution in [3.05, 3.63) is 47.0 Å². The number of halogens is 1. The molecular formula is C20H26FNO4. The minimum Gasteiger partial charge on any atom is -0.503 e. The number of amides is 1. The van der Waals surface area contributed by atoms with Gasteiger partial charge in [-0.05, 0) is 25.8 Å². The van der Waals surface area contributed by atoms with Crippen LogP contribution < -0.4 is 0 Å². The van der Waals surface area contributed by atoms with Gasteiger partial charge in [0, 0.05) is 18.5 Å². The highest BCUT2D eigenvalue weighted by molar-refractivity contribution is 6.09.